The molecule has 0 fully saturated rings. The van der Waals surface area contributed by atoms with Gasteiger partial charge in [-0.2, -0.15) is 0 Å². The summed E-state index contributed by atoms with van der Waals surface area (Å²) >= 11 is 0. The third-order valence-electron chi connectivity index (χ3n) is 2.46. The molecule has 0 bridgehead atoms. The van der Waals surface area contributed by atoms with Gasteiger partial charge in [0, 0.05) is 6.42 Å². The van der Waals surface area contributed by atoms with Gasteiger partial charge >= 0.3 is 0 Å². The van der Waals surface area contributed by atoms with Crippen LogP contribution in [0.15, 0.2) is 0 Å². The van der Waals surface area contributed by atoms with E-state index in [-0.39, 0.29) is 24.5 Å². The van der Waals surface area contributed by atoms with Crippen molar-refractivity contribution in [3.05, 3.63) is 0 Å². The monoisotopic (exact) mass is 216 g/mol. The van der Waals surface area contributed by atoms with Gasteiger partial charge in [-0.25, -0.2) is 0 Å². The lowest BCUT2D eigenvalue weighted by molar-refractivity contribution is -0.122. The molecule has 15 heavy (non-hydrogen) atoms. The number of nitrogens with one attached hydrogen (secondary N) is 1. The number of hydrogen-bond acceptors (Lipinski definition) is 3. The number of nitrogens with two attached hydrogens (primary N) is 1. The van der Waals surface area contributed by atoms with Crippen LogP contribution >= 0.6 is 0 Å². The smallest absolute Gasteiger partial charge is 0.220 e. The highest BCUT2D eigenvalue weighted by Crippen LogP contribution is 2.03. The summed E-state index contributed by atoms with van der Waals surface area (Å²) in [6.07, 6.45) is 3.37. The van der Waals surface area contributed by atoms with Gasteiger partial charge < -0.3 is 16.2 Å². The predicted octanol–water partition coefficient (Wildman–Crippen LogP) is 0.639. The normalized spacial score (nSPS) is 12.9. The molecular weight excluding hydrogens is 192 g/mol. The summed E-state index contributed by atoms with van der Waals surface area (Å²) in [5.74, 6) is 0.294. The maximum absolute atomic E-state index is 11.4. The lowest BCUT2D eigenvalue weighted by Gasteiger charge is -2.19. The van der Waals surface area contributed by atoms with Crippen molar-refractivity contribution in [2.75, 3.05) is 13.2 Å². The number of aliphatic hydroxyl groups excluding tert-OH is 1. The van der Waals surface area contributed by atoms with Gasteiger partial charge in [-0.3, -0.25) is 4.79 Å². The van der Waals surface area contributed by atoms with Gasteiger partial charge in [-0.15, -0.1) is 0 Å². The molecule has 0 radical (unpaired) electrons. The molecule has 0 spiro atoms. The van der Waals surface area contributed by atoms with Crippen LogP contribution in [0.25, 0.3) is 0 Å². The zero-order chi connectivity index (χ0) is 11.7. The average molecular weight is 216 g/mol. The summed E-state index contributed by atoms with van der Waals surface area (Å²) in [6, 6.07) is -0.119. The Morgan fingerprint density at radius 1 is 1.33 bits per heavy atom. The molecule has 0 aliphatic carbocycles. The van der Waals surface area contributed by atoms with E-state index in [1.807, 2.05) is 13.8 Å². The fourth-order valence-electron chi connectivity index (χ4n) is 1.31. The van der Waals surface area contributed by atoms with Gasteiger partial charge in [0.05, 0.1) is 12.6 Å². The number of carbonyl (C=O) groups excluding carboxylic acids is 1. The second kappa shape index (κ2) is 8.68. The first-order valence-corrected chi connectivity index (χ1v) is 5.72. The molecule has 0 aromatic carbocycles. The van der Waals surface area contributed by atoms with E-state index in [9.17, 15) is 4.79 Å². The van der Waals surface area contributed by atoms with Gasteiger partial charge in [0.25, 0.3) is 0 Å². The van der Waals surface area contributed by atoms with Crippen LogP contribution in [0.2, 0.25) is 0 Å². The molecule has 4 nitrogen and oxygen atoms in total. The summed E-state index contributed by atoms with van der Waals surface area (Å²) in [5.41, 5.74) is 5.35. The Bertz CT molecular complexity index is 172. The van der Waals surface area contributed by atoms with E-state index in [4.69, 9.17) is 10.8 Å². The Balaban J connectivity index is 3.62. The van der Waals surface area contributed by atoms with Crippen molar-refractivity contribution in [2.24, 2.45) is 11.7 Å². The van der Waals surface area contributed by atoms with E-state index >= 15 is 0 Å². The van der Waals surface area contributed by atoms with Crippen molar-refractivity contribution in [2.45, 2.75) is 45.6 Å². The van der Waals surface area contributed by atoms with Gasteiger partial charge in [-0.1, -0.05) is 20.3 Å². The molecule has 0 unspecified atom stereocenters. The van der Waals surface area contributed by atoms with Crippen molar-refractivity contribution >= 4 is 5.91 Å². The highest BCUT2D eigenvalue weighted by molar-refractivity contribution is 5.76. The quantitative estimate of drug-likeness (QED) is 0.521. The Labute approximate surface area is 92.2 Å². The molecule has 0 saturated heterocycles. The van der Waals surface area contributed by atoms with Crippen LogP contribution in [0.3, 0.4) is 0 Å². The minimum absolute atomic E-state index is 0.00616. The van der Waals surface area contributed by atoms with Crippen molar-refractivity contribution in [3.63, 3.8) is 0 Å². The standard InChI is InChI=1S/C11H24N2O2/c1-9(2)10(8-14)13-11(15)6-4-3-5-7-12/h9-10,14H,3-8,12H2,1-2H3,(H,13,15)/t10-/m1/s1. The van der Waals surface area contributed by atoms with Crippen LogP contribution in [0.4, 0.5) is 0 Å². The maximum atomic E-state index is 11.4. The summed E-state index contributed by atoms with van der Waals surface area (Å²) in [7, 11) is 0. The molecule has 1 atom stereocenters. The van der Waals surface area contributed by atoms with Crippen LogP contribution in [0.1, 0.15) is 39.5 Å². The first-order chi connectivity index (χ1) is 7.11. The Kier molecular flexibility index (Phi) is 8.33. The molecule has 4 heteroatoms. The third-order valence-corrected chi connectivity index (χ3v) is 2.46. The van der Waals surface area contributed by atoms with Crippen molar-refractivity contribution in [3.8, 4) is 0 Å². The molecule has 0 rings (SSSR count). The molecule has 4 N–H and O–H groups in total. The summed E-state index contributed by atoms with van der Waals surface area (Å²) in [4.78, 5) is 11.4. The highest BCUT2D eigenvalue weighted by Gasteiger charge is 2.14. The van der Waals surface area contributed by atoms with Gasteiger partial charge in [0.1, 0.15) is 0 Å². The summed E-state index contributed by atoms with van der Waals surface area (Å²) in [6.45, 7) is 4.66. The fraction of sp³-hybridized carbons (Fsp3) is 0.909. The van der Waals surface area contributed by atoms with Crippen molar-refractivity contribution in [1.29, 1.82) is 0 Å². The number of unbranched alkanes of at least 4 members (excludes halogenated alkanes) is 2. The van der Waals surface area contributed by atoms with Crippen LogP contribution in [0.5, 0.6) is 0 Å². The molecule has 1 amide bonds. The minimum Gasteiger partial charge on any atom is -0.394 e. The molecule has 0 aromatic heterocycles. The molecule has 90 valence electrons. The lowest BCUT2D eigenvalue weighted by Crippen LogP contribution is -2.41. The molecule has 0 saturated carbocycles. The first-order valence-electron chi connectivity index (χ1n) is 5.72. The Morgan fingerprint density at radius 2 is 2.00 bits per heavy atom. The van der Waals surface area contributed by atoms with Crippen LogP contribution in [-0.2, 0) is 4.79 Å². The fourth-order valence-corrected chi connectivity index (χ4v) is 1.31. The zero-order valence-corrected chi connectivity index (χ0v) is 9.83. The zero-order valence-electron chi connectivity index (χ0n) is 9.83. The van der Waals surface area contributed by atoms with Gasteiger partial charge in [0.2, 0.25) is 5.91 Å². The van der Waals surface area contributed by atoms with Crippen LogP contribution in [0, 0.1) is 5.92 Å². The largest absolute Gasteiger partial charge is 0.394 e. The number of carbonyl (C=O) groups is 1. The first kappa shape index (κ1) is 14.4. The SMILES string of the molecule is CC(C)[C@@H](CO)NC(=O)CCCCCN. The predicted molar refractivity (Wildman–Crippen MR) is 61.4 cm³/mol. The van der Waals surface area contributed by atoms with Crippen molar-refractivity contribution < 1.29 is 9.90 Å². The van der Waals surface area contributed by atoms with E-state index in [2.05, 4.69) is 5.32 Å². The number of rotatable bonds is 8. The number of aliphatic hydroxyl groups is 1. The highest BCUT2D eigenvalue weighted by atomic mass is 16.3. The van der Waals surface area contributed by atoms with E-state index in [0.717, 1.165) is 19.3 Å². The van der Waals surface area contributed by atoms with Crippen LogP contribution < -0.4 is 11.1 Å². The number of amides is 1. The molecule has 0 aliphatic heterocycles. The van der Waals surface area contributed by atoms with E-state index in [0.29, 0.717) is 13.0 Å². The molecule has 0 heterocycles. The minimum atomic E-state index is -0.119. The summed E-state index contributed by atoms with van der Waals surface area (Å²) < 4.78 is 0. The Hall–Kier alpha value is -0.610. The van der Waals surface area contributed by atoms with Crippen molar-refractivity contribution in [1.82, 2.24) is 5.32 Å². The molecule has 0 aliphatic rings. The van der Waals surface area contributed by atoms with Crippen LogP contribution in [-0.4, -0.2) is 30.2 Å². The van der Waals surface area contributed by atoms with E-state index in [1.165, 1.54) is 0 Å². The second-order valence-corrected chi connectivity index (χ2v) is 4.20. The number of hydrogen-bond donors (Lipinski definition) is 3. The topological polar surface area (TPSA) is 75.3 Å². The van der Waals surface area contributed by atoms with Gasteiger partial charge in [-0.05, 0) is 25.3 Å². The maximum Gasteiger partial charge on any atom is 0.220 e. The second-order valence-electron chi connectivity index (χ2n) is 4.20. The third kappa shape index (κ3) is 7.33. The average Bonchev–Trinajstić information content (AvgIpc) is 2.20. The lowest BCUT2D eigenvalue weighted by atomic mass is 10.1. The van der Waals surface area contributed by atoms with E-state index in [1.54, 1.807) is 0 Å². The molecule has 0 aromatic rings. The van der Waals surface area contributed by atoms with E-state index < -0.39 is 0 Å². The molecular formula is C11H24N2O2. The van der Waals surface area contributed by atoms with Gasteiger partial charge in [0.15, 0.2) is 0 Å². The summed E-state index contributed by atoms with van der Waals surface area (Å²) in [5, 5.41) is 11.8. The Morgan fingerprint density at radius 3 is 2.47 bits per heavy atom.